The van der Waals surface area contributed by atoms with Crippen LogP contribution in [0.15, 0.2) is 46.8 Å². The number of nitrogens with zero attached hydrogens (tertiary/aromatic N) is 1. The molecule has 2 unspecified atom stereocenters. The second-order valence-corrected chi connectivity index (χ2v) is 7.90. The fourth-order valence-electron chi connectivity index (χ4n) is 3.48. The molecule has 0 aliphatic carbocycles. The van der Waals surface area contributed by atoms with Crippen LogP contribution in [-0.2, 0) is 19.1 Å². The number of carbonyl (C=O) groups is 2. The fourth-order valence-corrected chi connectivity index (χ4v) is 3.60. The maximum absolute atomic E-state index is 13.1. The molecule has 1 N–H and O–H groups in total. The standard InChI is InChI=1S/C22H28ClNO5/c1-12(2)17(28-6)11-29-22(27)19-14(4)24(5)13(3)18(21(25)26)20(19)15-7-9-16(23)10-8-15/h7-10,12,17,20H,11H2,1-6H3,(H,25,26). The van der Waals surface area contributed by atoms with Crippen LogP contribution < -0.4 is 0 Å². The lowest BCUT2D eigenvalue weighted by Gasteiger charge is -2.35. The number of methoxy groups -OCH3 is 1. The molecule has 1 aromatic carbocycles. The van der Waals surface area contributed by atoms with E-state index in [4.69, 9.17) is 21.1 Å². The van der Waals surface area contributed by atoms with Crippen molar-refractivity contribution in [1.29, 1.82) is 0 Å². The summed E-state index contributed by atoms with van der Waals surface area (Å²) in [5.74, 6) is -2.22. The summed E-state index contributed by atoms with van der Waals surface area (Å²) in [6.07, 6.45) is -0.244. The molecule has 0 amide bonds. The Kier molecular flexibility index (Phi) is 7.49. The molecule has 0 saturated heterocycles. The summed E-state index contributed by atoms with van der Waals surface area (Å²) in [6.45, 7) is 7.57. The molecule has 0 saturated carbocycles. The van der Waals surface area contributed by atoms with Gasteiger partial charge in [-0.1, -0.05) is 37.6 Å². The minimum atomic E-state index is -1.08. The van der Waals surface area contributed by atoms with Crippen LogP contribution >= 0.6 is 11.6 Å². The lowest BCUT2D eigenvalue weighted by molar-refractivity contribution is -0.144. The molecule has 7 heteroatoms. The largest absolute Gasteiger partial charge is 0.478 e. The lowest BCUT2D eigenvalue weighted by atomic mass is 9.80. The van der Waals surface area contributed by atoms with Crippen molar-refractivity contribution in [3.05, 3.63) is 57.4 Å². The lowest BCUT2D eigenvalue weighted by Crippen LogP contribution is -2.34. The first-order valence-electron chi connectivity index (χ1n) is 9.44. The zero-order chi connectivity index (χ0) is 21.9. The maximum Gasteiger partial charge on any atom is 0.336 e. The number of carbonyl (C=O) groups excluding carboxylic acids is 1. The Morgan fingerprint density at radius 1 is 1.14 bits per heavy atom. The quantitative estimate of drug-likeness (QED) is 0.664. The number of carboxylic acid groups (broad SMARTS) is 1. The highest BCUT2D eigenvalue weighted by Crippen LogP contribution is 2.42. The number of carboxylic acids is 1. The van der Waals surface area contributed by atoms with Gasteiger partial charge >= 0.3 is 11.9 Å². The second-order valence-electron chi connectivity index (χ2n) is 7.46. The summed E-state index contributed by atoms with van der Waals surface area (Å²) in [5.41, 5.74) is 2.33. The predicted molar refractivity (Wildman–Crippen MR) is 112 cm³/mol. The molecule has 2 rings (SSSR count). The number of aliphatic carboxylic acids is 1. The first kappa shape index (κ1) is 23.0. The Labute approximate surface area is 176 Å². The third-order valence-corrected chi connectivity index (χ3v) is 5.69. The molecule has 0 aromatic heterocycles. The topological polar surface area (TPSA) is 76.1 Å². The third-order valence-electron chi connectivity index (χ3n) is 5.44. The molecule has 1 heterocycles. The van der Waals surface area contributed by atoms with Gasteiger partial charge in [-0.2, -0.15) is 0 Å². The molecule has 0 radical (unpaired) electrons. The van der Waals surface area contributed by atoms with Gasteiger partial charge in [0.05, 0.1) is 23.2 Å². The summed E-state index contributed by atoms with van der Waals surface area (Å²) in [5, 5.41) is 10.5. The van der Waals surface area contributed by atoms with Gasteiger partial charge in [0.15, 0.2) is 0 Å². The van der Waals surface area contributed by atoms with E-state index in [1.165, 1.54) is 0 Å². The van der Waals surface area contributed by atoms with Crippen LogP contribution in [0.1, 0.15) is 39.2 Å². The van der Waals surface area contributed by atoms with E-state index < -0.39 is 17.9 Å². The van der Waals surface area contributed by atoms with Gasteiger partial charge in [-0.05, 0) is 37.5 Å². The van der Waals surface area contributed by atoms with Crippen molar-refractivity contribution in [3.8, 4) is 0 Å². The number of allylic oxidation sites excluding steroid dienone is 2. The fraction of sp³-hybridized carbons (Fsp3) is 0.455. The molecule has 1 aliphatic heterocycles. The van der Waals surface area contributed by atoms with Crippen LogP contribution in [0.4, 0.5) is 0 Å². The molecule has 0 fully saturated rings. The summed E-state index contributed by atoms with van der Waals surface area (Å²) < 4.78 is 10.9. The van der Waals surface area contributed by atoms with E-state index in [0.29, 0.717) is 27.6 Å². The minimum absolute atomic E-state index is 0.0892. The number of ether oxygens (including phenoxy) is 2. The van der Waals surface area contributed by atoms with Gasteiger partial charge in [-0.15, -0.1) is 0 Å². The minimum Gasteiger partial charge on any atom is -0.478 e. The molecule has 1 aliphatic rings. The Morgan fingerprint density at radius 2 is 1.69 bits per heavy atom. The number of hydrogen-bond donors (Lipinski definition) is 1. The van der Waals surface area contributed by atoms with E-state index in [2.05, 4.69) is 0 Å². The van der Waals surface area contributed by atoms with E-state index in [-0.39, 0.29) is 24.2 Å². The van der Waals surface area contributed by atoms with E-state index >= 15 is 0 Å². The van der Waals surface area contributed by atoms with E-state index in [1.54, 1.807) is 57.2 Å². The van der Waals surface area contributed by atoms with Crippen LogP contribution in [0.5, 0.6) is 0 Å². The van der Waals surface area contributed by atoms with Gasteiger partial charge in [0.25, 0.3) is 0 Å². The Balaban J connectivity index is 2.51. The van der Waals surface area contributed by atoms with Crippen molar-refractivity contribution < 1.29 is 24.2 Å². The summed E-state index contributed by atoms with van der Waals surface area (Å²) in [7, 11) is 3.31. The molecule has 0 bridgehead atoms. The van der Waals surface area contributed by atoms with Crippen molar-refractivity contribution in [3.63, 3.8) is 0 Å². The van der Waals surface area contributed by atoms with E-state index in [1.807, 2.05) is 13.8 Å². The number of halogens is 1. The highest BCUT2D eigenvalue weighted by Gasteiger charge is 2.39. The van der Waals surface area contributed by atoms with Crippen molar-refractivity contribution >= 4 is 23.5 Å². The van der Waals surface area contributed by atoms with Crippen LogP contribution in [0.25, 0.3) is 0 Å². The SMILES string of the molecule is COC(COC(=O)C1=C(C)N(C)C(C)=C(C(=O)O)C1c1ccc(Cl)cc1)C(C)C. The van der Waals surface area contributed by atoms with Crippen molar-refractivity contribution in [2.45, 2.75) is 39.7 Å². The summed E-state index contributed by atoms with van der Waals surface area (Å²) in [6, 6.07) is 6.84. The van der Waals surface area contributed by atoms with Gasteiger partial charge in [0, 0.05) is 30.6 Å². The number of rotatable bonds is 7. The van der Waals surface area contributed by atoms with Crippen LogP contribution in [0.2, 0.25) is 5.02 Å². The summed E-state index contributed by atoms with van der Waals surface area (Å²) in [4.78, 5) is 27.0. The maximum atomic E-state index is 13.1. The number of esters is 1. The molecular formula is C22H28ClNO5. The molecule has 0 spiro atoms. The van der Waals surface area contributed by atoms with Crippen molar-refractivity contribution in [2.24, 2.45) is 5.92 Å². The van der Waals surface area contributed by atoms with Crippen LogP contribution in [0.3, 0.4) is 0 Å². The van der Waals surface area contributed by atoms with Gasteiger partial charge < -0.3 is 19.5 Å². The zero-order valence-electron chi connectivity index (χ0n) is 17.7. The van der Waals surface area contributed by atoms with Gasteiger partial charge in [0.2, 0.25) is 0 Å². The Bertz CT molecular complexity index is 841. The molecule has 29 heavy (non-hydrogen) atoms. The predicted octanol–water partition coefficient (Wildman–Crippen LogP) is 4.22. The van der Waals surface area contributed by atoms with Crippen LogP contribution in [0, 0.1) is 5.92 Å². The molecule has 158 valence electrons. The average Bonchev–Trinajstić information content (AvgIpc) is 2.66. The Morgan fingerprint density at radius 3 is 2.17 bits per heavy atom. The third kappa shape index (κ3) is 4.82. The van der Waals surface area contributed by atoms with Gasteiger partial charge in [-0.25, -0.2) is 9.59 Å². The smallest absolute Gasteiger partial charge is 0.336 e. The normalized spacial score (nSPS) is 18.3. The molecule has 6 nitrogen and oxygen atoms in total. The first-order valence-corrected chi connectivity index (χ1v) is 9.81. The second kappa shape index (κ2) is 9.46. The molecule has 1 aromatic rings. The number of benzene rings is 1. The number of hydrogen-bond acceptors (Lipinski definition) is 5. The average molecular weight is 422 g/mol. The zero-order valence-corrected chi connectivity index (χ0v) is 18.4. The van der Waals surface area contributed by atoms with Crippen molar-refractivity contribution in [2.75, 3.05) is 20.8 Å². The molecule has 2 atom stereocenters. The first-order chi connectivity index (χ1) is 13.6. The highest BCUT2D eigenvalue weighted by molar-refractivity contribution is 6.30. The monoisotopic (exact) mass is 421 g/mol. The van der Waals surface area contributed by atoms with E-state index in [0.717, 1.165) is 0 Å². The van der Waals surface area contributed by atoms with Gasteiger partial charge in [-0.3, -0.25) is 0 Å². The summed E-state index contributed by atoms with van der Waals surface area (Å²) >= 11 is 6.01. The van der Waals surface area contributed by atoms with E-state index in [9.17, 15) is 14.7 Å². The Hall–Kier alpha value is -2.31. The van der Waals surface area contributed by atoms with Crippen LogP contribution in [-0.4, -0.2) is 48.8 Å². The van der Waals surface area contributed by atoms with Gasteiger partial charge in [0.1, 0.15) is 6.61 Å². The van der Waals surface area contributed by atoms with Crippen molar-refractivity contribution in [1.82, 2.24) is 4.90 Å². The molecular weight excluding hydrogens is 394 g/mol. The highest BCUT2D eigenvalue weighted by atomic mass is 35.5.